The molecule has 2 aliphatic heterocycles. The van der Waals surface area contributed by atoms with Crippen molar-refractivity contribution in [2.75, 3.05) is 19.7 Å². The number of ether oxygens (including phenoxy) is 1. The topological polar surface area (TPSA) is 50.4 Å². The van der Waals surface area contributed by atoms with E-state index in [9.17, 15) is 4.79 Å². The van der Waals surface area contributed by atoms with Gasteiger partial charge in [-0.3, -0.25) is 4.79 Å². The van der Waals surface area contributed by atoms with Crippen LogP contribution in [0.3, 0.4) is 0 Å². The van der Waals surface area contributed by atoms with E-state index in [1.165, 1.54) is 5.56 Å². The molecule has 2 fully saturated rings. The Morgan fingerprint density at radius 3 is 2.57 bits per heavy atom. The predicted molar refractivity (Wildman–Crippen MR) is 93.9 cm³/mol. The van der Waals surface area contributed by atoms with Crippen LogP contribution in [0, 0.1) is 12.8 Å². The molecule has 23 heavy (non-hydrogen) atoms. The largest absolute Gasteiger partial charge is 0.373 e. The molecule has 0 radical (unpaired) electrons. The molecule has 2 atom stereocenters. The molecule has 3 rings (SSSR count). The zero-order valence-electron chi connectivity index (χ0n) is 13.7. The highest BCUT2D eigenvalue weighted by Crippen LogP contribution is 2.34. The van der Waals surface area contributed by atoms with Crippen molar-refractivity contribution in [1.82, 2.24) is 10.6 Å². The van der Waals surface area contributed by atoms with Gasteiger partial charge in [0.25, 0.3) is 0 Å². The number of carbonyl (C=O) groups excluding carboxylic acids is 1. The number of aryl methyl sites for hydroxylation is 1. The van der Waals surface area contributed by atoms with E-state index in [1.54, 1.807) is 0 Å². The number of rotatable bonds is 3. The minimum atomic E-state index is -0.101. The van der Waals surface area contributed by atoms with Crippen molar-refractivity contribution in [2.24, 2.45) is 5.92 Å². The molecule has 1 aromatic carbocycles. The van der Waals surface area contributed by atoms with Crippen LogP contribution < -0.4 is 10.6 Å². The first-order chi connectivity index (χ1) is 10.7. The number of amides is 1. The molecule has 1 aromatic rings. The zero-order valence-corrected chi connectivity index (χ0v) is 14.5. The number of nitrogens with one attached hydrogen (secondary N) is 2. The van der Waals surface area contributed by atoms with Crippen molar-refractivity contribution in [1.29, 1.82) is 0 Å². The lowest BCUT2D eigenvalue weighted by molar-refractivity contribution is -0.135. The second kappa shape index (κ2) is 8.67. The highest BCUT2D eigenvalue weighted by atomic mass is 35.5. The van der Waals surface area contributed by atoms with Crippen molar-refractivity contribution in [3.05, 3.63) is 35.4 Å². The van der Waals surface area contributed by atoms with Gasteiger partial charge in [-0.1, -0.05) is 29.8 Å². The Morgan fingerprint density at radius 1 is 1.17 bits per heavy atom. The molecule has 2 saturated heterocycles. The van der Waals surface area contributed by atoms with Crippen molar-refractivity contribution >= 4 is 18.3 Å². The summed E-state index contributed by atoms with van der Waals surface area (Å²) in [5, 5.41) is 6.57. The van der Waals surface area contributed by atoms with Gasteiger partial charge >= 0.3 is 0 Å². The van der Waals surface area contributed by atoms with Gasteiger partial charge < -0.3 is 15.4 Å². The second-order valence-corrected chi connectivity index (χ2v) is 6.48. The second-order valence-electron chi connectivity index (χ2n) is 6.48. The maximum Gasteiger partial charge on any atom is 0.226 e. The lowest BCUT2D eigenvalue weighted by Crippen LogP contribution is -2.46. The predicted octanol–water partition coefficient (Wildman–Crippen LogP) is 2.75. The molecule has 2 heterocycles. The summed E-state index contributed by atoms with van der Waals surface area (Å²) >= 11 is 0. The van der Waals surface area contributed by atoms with Crippen LogP contribution in [0.25, 0.3) is 0 Å². The van der Waals surface area contributed by atoms with E-state index in [4.69, 9.17) is 4.74 Å². The monoisotopic (exact) mass is 338 g/mol. The van der Waals surface area contributed by atoms with Gasteiger partial charge in [0.15, 0.2) is 0 Å². The lowest BCUT2D eigenvalue weighted by Gasteiger charge is -2.33. The number of benzene rings is 1. The van der Waals surface area contributed by atoms with Gasteiger partial charge in [-0.2, -0.15) is 0 Å². The molecule has 2 aliphatic rings. The van der Waals surface area contributed by atoms with Crippen molar-refractivity contribution < 1.29 is 9.53 Å². The average molecular weight is 339 g/mol. The van der Waals surface area contributed by atoms with Crippen LogP contribution in [0.15, 0.2) is 24.3 Å². The fraction of sp³-hybridized carbons (Fsp3) is 0.611. The van der Waals surface area contributed by atoms with Crippen LogP contribution in [0.4, 0.5) is 0 Å². The van der Waals surface area contributed by atoms with E-state index < -0.39 is 0 Å². The van der Waals surface area contributed by atoms with E-state index in [0.29, 0.717) is 6.04 Å². The fourth-order valence-corrected chi connectivity index (χ4v) is 3.41. The van der Waals surface area contributed by atoms with Crippen LogP contribution >= 0.6 is 12.4 Å². The summed E-state index contributed by atoms with van der Waals surface area (Å²) in [6.07, 6.45) is 3.82. The van der Waals surface area contributed by atoms with Crippen LogP contribution in [0.5, 0.6) is 0 Å². The molecule has 4 nitrogen and oxygen atoms in total. The van der Waals surface area contributed by atoms with E-state index in [-0.39, 0.29) is 30.3 Å². The van der Waals surface area contributed by atoms with Gasteiger partial charge in [0, 0.05) is 12.6 Å². The molecule has 0 bridgehead atoms. The molecule has 0 aromatic heterocycles. The highest BCUT2D eigenvalue weighted by Gasteiger charge is 2.34. The van der Waals surface area contributed by atoms with Gasteiger partial charge in [0.05, 0.1) is 12.0 Å². The van der Waals surface area contributed by atoms with Gasteiger partial charge in [0.2, 0.25) is 5.91 Å². The SMILES string of the molecule is Cc1ccc(C2OCCCC2C(=O)NC2CCNCC2)cc1.Cl. The van der Waals surface area contributed by atoms with E-state index in [0.717, 1.165) is 50.9 Å². The average Bonchev–Trinajstić information content (AvgIpc) is 2.56. The van der Waals surface area contributed by atoms with Gasteiger partial charge in [-0.15, -0.1) is 12.4 Å². The first-order valence-electron chi connectivity index (χ1n) is 8.43. The quantitative estimate of drug-likeness (QED) is 0.891. The third kappa shape index (κ3) is 4.69. The standard InChI is InChI=1S/C18H26N2O2.ClH/c1-13-4-6-14(7-5-13)17-16(3-2-12-22-17)18(21)20-15-8-10-19-11-9-15;/h4-7,15-17,19H,2-3,8-12H2,1H3,(H,20,21);1H. The summed E-state index contributed by atoms with van der Waals surface area (Å²) in [5.41, 5.74) is 2.35. The number of piperidine rings is 1. The molecule has 5 heteroatoms. The molecule has 0 spiro atoms. The third-order valence-electron chi connectivity index (χ3n) is 4.75. The smallest absolute Gasteiger partial charge is 0.226 e. The van der Waals surface area contributed by atoms with E-state index in [2.05, 4.69) is 41.8 Å². The lowest BCUT2D eigenvalue weighted by atomic mass is 9.88. The van der Waals surface area contributed by atoms with Crippen LogP contribution in [-0.2, 0) is 9.53 Å². The fourth-order valence-electron chi connectivity index (χ4n) is 3.41. The first-order valence-corrected chi connectivity index (χ1v) is 8.43. The number of halogens is 1. The first kappa shape index (κ1) is 18.2. The Bertz CT molecular complexity index is 500. The Labute approximate surface area is 144 Å². The maximum atomic E-state index is 12.7. The zero-order chi connectivity index (χ0) is 15.4. The summed E-state index contributed by atoms with van der Waals surface area (Å²) in [6.45, 7) is 4.81. The van der Waals surface area contributed by atoms with Gasteiger partial charge in [0.1, 0.15) is 0 Å². The van der Waals surface area contributed by atoms with Crippen LogP contribution in [0.1, 0.15) is 42.9 Å². The Kier molecular flexibility index (Phi) is 6.88. The van der Waals surface area contributed by atoms with Crippen LogP contribution in [-0.4, -0.2) is 31.6 Å². The van der Waals surface area contributed by atoms with Gasteiger partial charge in [-0.25, -0.2) is 0 Å². The van der Waals surface area contributed by atoms with Crippen molar-refractivity contribution in [2.45, 2.75) is 44.8 Å². The molecule has 2 N–H and O–H groups in total. The summed E-state index contributed by atoms with van der Waals surface area (Å²) in [5.74, 6) is 0.100. The van der Waals surface area contributed by atoms with E-state index >= 15 is 0 Å². The molecule has 0 saturated carbocycles. The molecule has 2 unspecified atom stereocenters. The molecule has 128 valence electrons. The number of hydrogen-bond acceptors (Lipinski definition) is 3. The minimum Gasteiger partial charge on any atom is -0.373 e. The number of carbonyl (C=O) groups is 1. The molecular formula is C18H27ClN2O2. The summed E-state index contributed by atoms with van der Waals surface area (Å²) < 4.78 is 5.95. The Balaban J connectivity index is 0.00000192. The summed E-state index contributed by atoms with van der Waals surface area (Å²) in [6, 6.07) is 8.69. The van der Waals surface area contributed by atoms with Crippen LogP contribution in [0.2, 0.25) is 0 Å². The molecule has 1 amide bonds. The normalized spacial score (nSPS) is 25.4. The third-order valence-corrected chi connectivity index (χ3v) is 4.75. The maximum absolute atomic E-state index is 12.7. The Hall–Kier alpha value is -1.10. The highest BCUT2D eigenvalue weighted by molar-refractivity contribution is 5.85. The number of hydrogen-bond donors (Lipinski definition) is 2. The molecular weight excluding hydrogens is 312 g/mol. The van der Waals surface area contributed by atoms with Crippen molar-refractivity contribution in [3.8, 4) is 0 Å². The summed E-state index contributed by atoms with van der Waals surface area (Å²) in [7, 11) is 0. The van der Waals surface area contributed by atoms with E-state index in [1.807, 2.05) is 0 Å². The summed E-state index contributed by atoms with van der Waals surface area (Å²) in [4.78, 5) is 12.7. The van der Waals surface area contributed by atoms with Gasteiger partial charge in [-0.05, 0) is 51.3 Å². The minimum absolute atomic E-state index is 0. The Morgan fingerprint density at radius 2 is 1.87 bits per heavy atom. The van der Waals surface area contributed by atoms with Crippen molar-refractivity contribution in [3.63, 3.8) is 0 Å². The molecule has 0 aliphatic carbocycles.